The Morgan fingerprint density at radius 1 is 0.351 bits per heavy atom. The van der Waals surface area contributed by atoms with Crippen LogP contribution in [0.4, 0.5) is 0 Å². The van der Waals surface area contributed by atoms with E-state index in [0.717, 1.165) is 33.4 Å². The van der Waals surface area contributed by atoms with E-state index in [4.69, 9.17) is 47.4 Å². The summed E-state index contributed by atoms with van der Waals surface area (Å²) in [5, 5.41) is 24.6. The predicted octanol–water partition coefficient (Wildman–Crippen LogP) is 9.41. The van der Waals surface area contributed by atoms with Crippen molar-refractivity contribution < 1.29 is 52.5 Å². The van der Waals surface area contributed by atoms with Gasteiger partial charge in [-0.15, -0.1) is 0 Å². The topological polar surface area (TPSA) is 139 Å². The molecule has 0 aliphatic carbocycles. The number of benzene rings is 7. The molecule has 2 fully saturated rings. The van der Waals surface area contributed by atoms with Gasteiger partial charge in [0, 0.05) is 6.29 Å². The van der Waals surface area contributed by atoms with E-state index in [1.54, 1.807) is 6.07 Å². The Morgan fingerprint density at radius 3 is 1.15 bits per heavy atom. The molecule has 0 amide bonds. The molecule has 10 atom stereocenters. The summed E-state index contributed by atoms with van der Waals surface area (Å²) in [7, 11) is 0. The molecule has 0 unspecified atom stereocenters. The Morgan fingerprint density at radius 2 is 0.703 bits per heavy atom. The van der Waals surface area contributed by atoms with Gasteiger partial charge in [-0.05, 0) is 45.0 Å². The highest BCUT2D eigenvalue weighted by molar-refractivity contribution is 5.37. The zero-order valence-electron chi connectivity index (χ0n) is 41.2. The molecule has 0 bridgehead atoms. The summed E-state index contributed by atoms with van der Waals surface area (Å²) < 4.78 is 67.5. The largest absolute Gasteiger partial charge is 0.829 e. The molecule has 2 aliphatic heterocycles. The second kappa shape index (κ2) is 27.8. The van der Waals surface area contributed by atoms with E-state index in [2.05, 4.69) is 6.07 Å². The first-order chi connectivity index (χ1) is 36.6. The average molecular weight is 997 g/mol. The molecule has 0 saturated carbocycles. The van der Waals surface area contributed by atoms with E-state index >= 15 is 0 Å². The van der Waals surface area contributed by atoms with Gasteiger partial charge in [0.05, 0.1) is 77.2 Å². The maximum Gasteiger partial charge on any atom is 0.187 e. The minimum atomic E-state index is -1.69. The lowest BCUT2D eigenvalue weighted by molar-refractivity contribution is -0.538. The van der Waals surface area contributed by atoms with Crippen LogP contribution in [-0.4, -0.2) is 74.6 Å². The summed E-state index contributed by atoms with van der Waals surface area (Å²) in [4.78, 5) is 0. The molecule has 2 heterocycles. The Kier molecular flexibility index (Phi) is 19.7. The molecule has 7 aromatic carbocycles. The van der Waals surface area contributed by atoms with Gasteiger partial charge in [0.1, 0.15) is 42.7 Å². The van der Waals surface area contributed by atoms with Crippen molar-refractivity contribution in [3.05, 3.63) is 251 Å². The summed E-state index contributed by atoms with van der Waals surface area (Å²) in [5.41, 5.74) is 6.74. The molecule has 12 heteroatoms. The summed E-state index contributed by atoms with van der Waals surface area (Å²) in [6.07, 6.45) is -9.93. The number of rotatable bonds is 25. The standard InChI is InChI=1S/C62H62NO11/c63-35-51-33-19-20-34-52(51)42-71-60-58(69-40-49-29-15-5-16-30-49)55(66-37-46-23-9-2-10-24-46)53(43-65-36-45-21-7-1-8-22-45)74-62(60)72-44-54-56(67-38-47-25-11-3-12-26-47)57(68-39-48-27-13-4-14-28-48)59(61(64)73-54)70-41-50-31-17-6-18-32-50/h1-34,53-62H,36-44H2/q-1/t53-,54-,55-,56-,57+,58+,59-,60-,61+,62+/m1/s1. The van der Waals surface area contributed by atoms with Crippen molar-refractivity contribution in [2.75, 3.05) is 13.2 Å². The van der Waals surface area contributed by atoms with Crippen LogP contribution in [0.25, 0.3) is 0 Å². The quantitative estimate of drug-likeness (QED) is 0.0539. The second-order valence-corrected chi connectivity index (χ2v) is 18.3. The third-order valence-corrected chi connectivity index (χ3v) is 13.0. The SMILES string of the molecule is N#Cc1ccccc1CO[C@H]1[C@@H](OC[C@H]2O[C@H]([O-])[C@H](OCc3ccccc3)[C@@H](OCc3ccccc3)[C@@H]2OCc2ccccc2)O[C@H](COCc2ccccc2)[C@@H](OCc2ccccc2)[C@@H]1OCc1ccccc1. The lowest BCUT2D eigenvalue weighted by Gasteiger charge is -2.50. The zero-order chi connectivity index (χ0) is 50.6. The van der Waals surface area contributed by atoms with Gasteiger partial charge < -0.3 is 52.5 Å². The van der Waals surface area contributed by atoms with Gasteiger partial charge in [-0.1, -0.05) is 200 Å². The molecule has 382 valence electrons. The zero-order valence-corrected chi connectivity index (χ0v) is 41.2. The van der Waals surface area contributed by atoms with Gasteiger partial charge in [0.2, 0.25) is 0 Å². The third kappa shape index (κ3) is 14.9. The molecule has 0 spiro atoms. The summed E-state index contributed by atoms with van der Waals surface area (Å²) >= 11 is 0. The van der Waals surface area contributed by atoms with Crippen LogP contribution in [0.1, 0.15) is 44.5 Å². The minimum Gasteiger partial charge on any atom is -0.829 e. The van der Waals surface area contributed by atoms with Crippen LogP contribution in [0.5, 0.6) is 0 Å². The van der Waals surface area contributed by atoms with E-state index in [1.165, 1.54) is 0 Å². The first kappa shape index (κ1) is 52.5. The van der Waals surface area contributed by atoms with Crippen LogP contribution >= 0.6 is 0 Å². The number of nitrogens with zero attached hydrogens (tertiary/aromatic N) is 1. The molecule has 9 rings (SSSR count). The summed E-state index contributed by atoms with van der Waals surface area (Å²) in [5.74, 6) is 0. The fourth-order valence-corrected chi connectivity index (χ4v) is 9.13. The predicted molar refractivity (Wildman–Crippen MR) is 274 cm³/mol. The molecular formula is C62H62NO11-. The van der Waals surface area contributed by atoms with Crippen LogP contribution in [0.3, 0.4) is 0 Å². The lowest BCUT2D eigenvalue weighted by atomic mass is 9.96. The van der Waals surface area contributed by atoms with Crippen LogP contribution in [0.15, 0.2) is 206 Å². The fraction of sp³-hybridized carbons (Fsp3) is 0.306. The van der Waals surface area contributed by atoms with Gasteiger partial charge in [0.15, 0.2) is 6.29 Å². The molecule has 0 aromatic heterocycles. The van der Waals surface area contributed by atoms with Gasteiger partial charge in [-0.3, -0.25) is 0 Å². The number of hydrogen-bond acceptors (Lipinski definition) is 12. The Bertz CT molecular complexity index is 2720. The first-order valence-electron chi connectivity index (χ1n) is 25.1. The highest BCUT2D eigenvalue weighted by atomic mass is 16.7. The Hall–Kier alpha value is -6.41. The van der Waals surface area contributed by atoms with E-state index in [1.807, 2.05) is 200 Å². The first-order valence-corrected chi connectivity index (χ1v) is 25.1. The number of hydrogen-bond donors (Lipinski definition) is 0. The van der Waals surface area contributed by atoms with Crippen molar-refractivity contribution in [2.24, 2.45) is 0 Å². The maximum atomic E-state index is 14.5. The van der Waals surface area contributed by atoms with Crippen LogP contribution in [0.2, 0.25) is 0 Å². The maximum absolute atomic E-state index is 14.5. The van der Waals surface area contributed by atoms with Gasteiger partial charge in [-0.2, -0.15) is 5.26 Å². The molecule has 12 nitrogen and oxygen atoms in total. The summed E-state index contributed by atoms with van der Waals surface area (Å²) in [6.45, 7) is 1.22. The Balaban J connectivity index is 1.05. The lowest BCUT2D eigenvalue weighted by Crippen LogP contribution is -2.65. The van der Waals surface area contributed by atoms with Gasteiger partial charge in [0.25, 0.3) is 0 Å². The van der Waals surface area contributed by atoms with Crippen molar-refractivity contribution in [2.45, 2.75) is 108 Å². The molecule has 74 heavy (non-hydrogen) atoms. The number of ether oxygens (including phenoxy) is 10. The summed E-state index contributed by atoms with van der Waals surface area (Å²) in [6, 6.07) is 68.5. The van der Waals surface area contributed by atoms with E-state index in [0.29, 0.717) is 17.7 Å². The molecule has 0 radical (unpaired) electrons. The second-order valence-electron chi connectivity index (χ2n) is 18.3. The highest BCUT2D eigenvalue weighted by Crippen LogP contribution is 2.34. The van der Waals surface area contributed by atoms with E-state index < -0.39 is 61.4 Å². The van der Waals surface area contributed by atoms with Gasteiger partial charge >= 0.3 is 0 Å². The number of nitriles is 1. The normalized spacial score (nSPS) is 23.7. The fourth-order valence-electron chi connectivity index (χ4n) is 9.13. The monoisotopic (exact) mass is 996 g/mol. The van der Waals surface area contributed by atoms with Crippen molar-refractivity contribution in [1.29, 1.82) is 5.26 Å². The van der Waals surface area contributed by atoms with Crippen molar-refractivity contribution in [3.8, 4) is 6.07 Å². The van der Waals surface area contributed by atoms with Gasteiger partial charge in [-0.25, -0.2) is 0 Å². The van der Waals surface area contributed by atoms with Crippen LogP contribution in [0, 0.1) is 11.3 Å². The smallest absolute Gasteiger partial charge is 0.187 e. The molecular weight excluding hydrogens is 935 g/mol. The van der Waals surface area contributed by atoms with Crippen molar-refractivity contribution in [3.63, 3.8) is 0 Å². The van der Waals surface area contributed by atoms with Crippen molar-refractivity contribution >= 4 is 0 Å². The van der Waals surface area contributed by atoms with Crippen molar-refractivity contribution in [1.82, 2.24) is 0 Å². The molecule has 2 saturated heterocycles. The molecule has 0 N–H and O–H groups in total. The van der Waals surface area contributed by atoms with Crippen LogP contribution in [-0.2, 0) is 93.6 Å². The Labute approximate surface area is 433 Å². The molecule has 2 aliphatic rings. The minimum absolute atomic E-state index is 0.0185. The third-order valence-electron chi connectivity index (χ3n) is 13.0. The van der Waals surface area contributed by atoms with Crippen LogP contribution < -0.4 is 5.11 Å². The highest BCUT2D eigenvalue weighted by Gasteiger charge is 2.51. The average Bonchev–Trinajstić information content (AvgIpc) is 3.46. The van der Waals surface area contributed by atoms with E-state index in [9.17, 15) is 10.4 Å². The molecule has 7 aromatic rings. The van der Waals surface area contributed by atoms with E-state index in [-0.39, 0.29) is 52.9 Å².